The minimum absolute atomic E-state index is 0.0897. The maximum Gasteiger partial charge on any atom is 0.350 e. The Bertz CT molecular complexity index is 1030. The first-order valence-electron chi connectivity index (χ1n) is 8.84. The topological polar surface area (TPSA) is 99.3 Å². The number of benzene rings is 1. The Kier molecular flexibility index (Phi) is 4.19. The summed E-state index contributed by atoms with van der Waals surface area (Å²) in [5, 5.41) is 0.320. The lowest BCUT2D eigenvalue weighted by molar-refractivity contribution is -0.0225. The highest BCUT2D eigenvalue weighted by molar-refractivity contribution is 6.37. The fourth-order valence-electron chi connectivity index (χ4n) is 3.84. The van der Waals surface area contributed by atoms with Crippen molar-refractivity contribution in [2.24, 2.45) is 11.7 Å². The fraction of sp³-hybridized carbons (Fsp3) is 0.529. The van der Waals surface area contributed by atoms with E-state index in [1.165, 1.54) is 21.6 Å². The molecule has 0 bridgehead atoms. The average Bonchev–Trinajstić information content (AvgIpc) is 3.40. The van der Waals surface area contributed by atoms with Crippen LogP contribution >= 0.6 is 11.6 Å². The van der Waals surface area contributed by atoms with E-state index in [4.69, 9.17) is 23.2 Å². The number of aromatic nitrogens is 2. The number of hydrogen-bond acceptors (Lipinski definition) is 5. The highest BCUT2D eigenvalue weighted by atomic mass is 35.5. The number of alkyl halides is 2. The summed E-state index contributed by atoms with van der Waals surface area (Å²) in [7, 11) is 0. The number of rotatable bonds is 4. The van der Waals surface area contributed by atoms with Crippen molar-refractivity contribution in [1.29, 1.82) is 0 Å². The first-order chi connectivity index (χ1) is 12.8. The van der Waals surface area contributed by atoms with E-state index in [0.717, 1.165) is 12.8 Å². The van der Waals surface area contributed by atoms with Gasteiger partial charge < -0.3 is 16.5 Å². The molecular formula is C17H20ClF2N5O2. The van der Waals surface area contributed by atoms with Gasteiger partial charge in [0.15, 0.2) is 0 Å². The molecule has 1 aliphatic heterocycles. The van der Waals surface area contributed by atoms with Crippen LogP contribution in [0.1, 0.15) is 25.3 Å². The fourth-order valence-corrected chi connectivity index (χ4v) is 4.22. The van der Waals surface area contributed by atoms with E-state index in [9.17, 15) is 18.4 Å². The molecule has 2 aliphatic rings. The number of fused-ring (bicyclic) bond motifs is 1. The van der Waals surface area contributed by atoms with Crippen molar-refractivity contribution in [2.75, 3.05) is 30.4 Å². The Morgan fingerprint density at radius 2 is 1.96 bits per heavy atom. The van der Waals surface area contributed by atoms with E-state index in [1.807, 2.05) is 0 Å². The van der Waals surface area contributed by atoms with Gasteiger partial charge >= 0.3 is 5.69 Å². The lowest BCUT2D eigenvalue weighted by Crippen LogP contribution is -2.44. The van der Waals surface area contributed by atoms with Crippen LogP contribution < -0.4 is 27.7 Å². The lowest BCUT2D eigenvalue weighted by atomic mass is 10.0. The number of nitrogens with zero attached hydrogens (tertiary/aromatic N) is 3. The second kappa shape index (κ2) is 6.20. The highest BCUT2D eigenvalue weighted by Gasteiger charge is 2.48. The second-order valence-electron chi connectivity index (χ2n) is 7.27. The van der Waals surface area contributed by atoms with Crippen LogP contribution in [0.25, 0.3) is 10.9 Å². The van der Waals surface area contributed by atoms with Gasteiger partial charge in [0.2, 0.25) is 0 Å². The summed E-state index contributed by atoms with van der Waals surface area (Å²) in [5.41, 5.74) is 4.79. The Hall–Kier alpha value is -2.13. The molecule has 7 nitrogen and oxygen atoms in total. The lowest BCUT2D eigenvalue weighted by Gasteiger charge is -2.22. The van der Waals surface area contributed by atoms with Crippen molar-refractivity contribution < 1.29 is 8.78 Å². The van der Waals surface area contributed by atoms with Gasteiger partial charge in [0, 0.05) is 18.5 Å². The van der Waals surface area contributed by atoms with Gasteiger partial charge in [-0.2, -0.15) is 4.68 Å². The van der Waals surface area contributed by atoms with Crippen LogP contribution in [0.15, 0.2) is 21.7 Å². The summed E-state index contributed by atoms with van der Waals surface area (Å²) in [6, 6.07) is 2.94. The van der Waals surface area contributed by atoms with Crippen LogP contribution in [0.2, 0.25) is 5.02 Å². The van der Waals surface area contributed by atoms with E-state index in [-0.39, 0.29) is 41.5 Å². The van der Waals surface area contributed by atoms with Crippen molar-refractivity contribution in [2.45, 2.75) is 31.2 Å². The van der Waals surface area contributed by atoms with E-state index in [1.54, 1.807) is 0 Å². The van der Waals surface area contributed by atoms with E-state index in [0.29, 0.717) is 10.4 Å². The van der Waals surface area contributed by atoms with Gasteiger partial charge in [-0.05, 0) is 37.9 Å². The van der Waals surface area contributed by atoms with Crippen LogP contribution in [-0.4, -0.2) is 34.8 Å². The van der Waals surface area contributed by atoms with Crippen LogP contribution in [0, 0.1) is 5.92 Å². The Morgan fingerprint density at radius 1 is 1.26 bits per heavy atom. The maximum atomic E-state index is 14.3. The molecule has 1 unspecified atom stereocenters. The maximum absolute atomic E-state index is 14.3. The van der Waals surface area contributed by atoms with Crippen molar-refractivity contribution >= 4 is 28.2 Å². The first-order valence-corrected chi connectivity index (χ1v) is 9.21. The molecule has 0 spiro atoms. The molecule has 4 rings (SSSR count). The molecule has 10 heteroatoms. The van der Waals surface area contributed by atoms with E-state index >= 15 is 0 Å². The van der Waals surface area contributed by atoms with Gasteiger partial charge in [-0.15, -0.1) is 0 Å². The number of halogens is 3. The third-order valence-electron chi connectivity index (χ3n) is 5.41. The number of nitrogens with two attached hydrogens (primary N) is 2. The van der Waals surface area contributed by atoms with Crippen LogP contribution in [0.4, 0.5) is 14.5 Å². The summed E-state index contributed by atoms with van der Waals surface area (Å²) in [6.45, 7) is -0.196. The SMILES string of the molecule is NCCC1CN(c2ccc3c(=O)n(N)c(=O)n(C4CC4)c3c2Cl)CC1(F)F. The number of nitrogen functional groups attached to an aromatic ring is 1. The zero-order chi connectivity index (χ0) is 19.5. The van der Waals surface area contributed by atoms with Crippen molar-refractivity contribution in [1.82, 2.24) is 9.24 Å². The predicted octanol–water partition coefficient (Wildman–Crippen LogP) is 1.29. The monoisotopic (exact) mass is 399 g/mol. The van der Waals surface area contributed by atoms with Gasteiger partial charge in [-0.1, -0.05) is 11.6 Å². The summed E-state index contributed by atoms with van der Waals surface area (Å²) in [4.78, 5) is 26.4. The van der Waals surface area contributed by atoms with Crippen molar-refractivity contribution in [3.8, 4) is 0 Å². The summed E-state index contributed by atoms with van der Waals surface area (Å²) < 4.78 is 30.6. The Labute approximate surface area is 158 Å². The first kappa shape index (κ1) is 18.2. The standard InChI is InChI=1S/C17H20ClF2N5O2/c18-13-12(23-7-9(5-6-21)17(19,20)8-23)4-3-11-14(13)24(10-1-2-10)16(27)25(22)15(11)26/h3-4,9-10H,1-2,5-8,21-22H2. The molecule has 1 aromatic heterocycles. The Balaban J connectivity index is 1.89. The van der Waals surface area contributed by atoms with Gasteiger partial charge in [0.05, 0.1) is 28.2 Å². The van der Waals surface area contributed by atoms with Crippen molar-refractivity contribution in [3.05, 3.63) is 38.0 Å². The Morgan fingerprint density at radius 3 is 2.59 bits per heavy atom. The summed E-state index contributed by atoms with van der Waals surface area (Å²) in [6.07, 6.45) is 1.75. The molecule has 1 aromatic carbocycles. The van der Waals surface area contributed by atoms with E-state index in [2.05, 4.69) is 0 Å². The highest BCUT2D eigenvalue weighted by Crippen LogP contribution is 2.43. The number of hydrogen-bond donors (Lipinski definition) is 2. The zero-order valence-corrected chi connectivity index (χ0v) is 15.3. The van der Waals surface area contributed by atoms with Gasteiger partial charge in [-0.25, -0.2) is 13.6 Å². The van der Waals surface area contributed by atoms with Gasteiger partial charge in [0.1, 0.15) is 0 Å². The molecular weight excluding hydrogens is 380 g/mol. The zero-order valence-electron chi connectivity index (χ0n) is 14.5. The molecule has 1 aliphatic carbocycles. The molecule has 0 amide bonds. The largest absolute Gasteiger partial charge is 0.364 e. The van der Waals surface area contributed by atoms with E-state index < -0.39 is 29.6 Å². The summed E-state index contributed by atoms with van der Waals surface area (Å²) >= 11 is 6.55. The molecule has 2 fully saturated rings. The minimum Gasteiger partial charge on any atom is -0.364 e. The molecule has 146 valence electrons. The quantitative estimate of drug-likeness (QED) is 0.755. The normalized spacial score (nSPS) is 21.9. The van der Waals surface area contributed by atoms with Crippen LogP contribution in [0.5, 0.6) is 0 Å². The third-order valence-corrected chi connectivity index (χ3v) is 5.78. The molecule has 2 aromatic rings. The predicted molar refractivity (Wildman–Crippen MR) is 100 cm³/mol. The average molecular weight is 400 g/mol. The third kappa shape index (κ3) is 2.80. The molecule has 1 saturated carbocycles. The van der Waals surface area contributed by atoms with Crippen LogP contribution in [-0.2, 0) is 0 Å². The molecule has 1 atom stereocenters. The molecule has 27 heavy (non-hydrogen) atoms. The second-order valence-corrected chi connectivity index (χ2v) is 7.65. The van der Waals surface area contributed by atoms with Gasteiger partial charge in [-0.3, -0.25) is 9.36 Å². The summed E-state index contributed by atoms with van der Waals surface area (Å²) in [5.74, 6) is 1.87. The smallest absolute Gasteiger partial charge is 0.350 e. The van der Waals surface area contributed by atoms with Crippen molar-refractivity contribution in [3.63, 3.8) is 0 Å². The molecule has 4 N–H and O–H groups in total. The van der Waals surface area contributed by atoms with Crippen LogP contribution in [0.3, 0.4) is 0 Å². The molecule has 0 radical (unpaired) electrons. The molecule has 1 saturated heterocycles. The minimum atomic E-state index is -2.88. The van der Waals surface area contributed by atoms with Gasteiger partial charge in [0.25, 0.3) is 11.5 Å². The molecule has 2 heterocycles. The number of anilines is 1.